The van der Waals surface area contributed by atoms with E-state index in [1.54, 1.807) is 4.68 Å². The van der Waals surface area contributed by atoms with Gasteiger partial charge >= 0.3 is 6.18 Å². The zero-order valence-corrected chi connectivity index (χ0v) is 13.0. The molecule has 1 aliphatic heterocycles. The van der Waals surface area contributed by atoms with E-state index in [1.807, 2.05) is 4.90 Å². The molecular formula is C16H17F3N4O. The van der Waals surface area contributed by atoms with Crippen molar-refractivity contribution in [3.05, 3.63) is 23.8 Å². The number of hydrogen-bond donors (Lipinski definition) is 0. The fourth-order valence-corrected chi connectivity index (χ4v) is 3.31. The van der Waals surface area contributed by atoms with Gasteiger partial charge in [0.05, 0.1) is 17.1 Å². The number of amides is 1. The van der Waals surface area contributed by atoms with Crippen LogP contribution in [0.4, 0.5) is 13.2 Å². The molecular weight excluding hydrogens is 321 g/mol. The summed E-state index contributed by atoms with van der Waals surface area (Å²) >= 11 is 0. The Morgan fingerprint density at radius 1 is 1.12 bits per heavy atom. The fraction of sp³-hybridized carbons (Fsp3) is 0.562. The van der Waals surface area contributed by atoms with Gasteiger partial charge in [-0.05, 0) is 43.9 Å². The SMILES string of the molecule is O=C(C1CC1)N1CCC(n2nnc3cc(C(F)(F)F)ccc32)CC1. The van der Waals surface area contributed by atoms with E-state index >= 15 is 0 Å². The van der Waals surface area contributed by atoms with Crippen LogP contribution in [0.2, 0.25) is 0 Å². The van der Waals surface area contributed by atoms with Crippen molar-refractivity contribution in [1.82, 2.24) is 19.9 Å². The topological polar surface area (TPSA) is 51.0 Å². The molecule has 0 radical (unpaired) electrons. The van der Waals surface area contributed by atoms with Gasteiger partial charge in [-0.1, -0.05) is 5.21 Å². The van der Waals surface area contributed by atoms with Crippen LogP contribution in [0, 0.1) is 5.92 Å². The molecule has 2 aromatic rings. The first kappa shape index (κ1) is 15.4. The van der Waals surface area contributed by atoms with Crippen LogP contribution in [-0.4, -0.2) is 38.9 Å². The number of alkyl halides is 3. The molecule has 0 unspecified atom stereocenters. The highest BCUT2D eigenvalue weighted by molar-refractivity contribution is 5.81. The molecule has 8 heteroatoms. The maximum atomic E-state index is 12.8. The largest absolute Gasteiger partial charge is 0.416 e. The Labute approximate surface area is 136 Å². The van der Waals surface area contributed by atoms with Crippen LogP contribution in [0.5, 0.6) is 0 Å². The summed E-state index contributed by atoms with van der Waals surface area (Å²) < 4.78 is 40.0. The molecule has 1 saturated carbocycles. The third-order valence-electron chi connectivity index (χ3n) is 4.85. The number of carbonyl (C=O) groups excluding carboxylic acids is 1. The van der Waals surface area contributed by atoms with E-state index < -0.39 is 11.7 Å². The minimum Gasteiger partial charge on any atom is -0.342 e. The highest BCUT2D eigenvalue weighted by Crippen LogP contribution is 2.34. The van der Waals surface area contributed by atoms with Gasteiger partial charge in [0.2, 0.25) is 5.91 Å². The second-order valence-electron chi connectivity index (χ2n) is 6.57. The molecule has 0 spiro atoms. The van der Waals surface area contributed by atoms with Gasteiger partial charge in [0.1, 0.15) is 5.52 Å². The average Bonchev–Trinajstić information content (AvgIpc) is 3.32. The molecule has 1 saturated heterocycles. The Bertz CT molecular complexity index is 773. The normalized spacial score (nSPS) is 19.9. The second-order valence-corrected chi connectivity index (χ2v) is 6.57. The number of halogens is 3. The van der Waals surface area contributed by atoms with Crippen molar-refractivity contribution < 1.29 is 18.0 Å². The number of piperidine rings is 1. The standard InChI is InChI=1S/C16H17F3N4O/c17-16(18,19)11-3-4-14-13(9-11)20-21-23(14)12-5-7-22(8-6-12)15(24)10-1-2-10/h3-4,9-10,12H,1-2,5-8H2. The van der Waals surface area contributed by atoms with Crippen molar-refractivity contribution in [2.45, 2.75) is 37.9 Å². The van der Waals surface area contributed by atoms with Gasteiger partial charge in [0.25, 0.3) is 0 Å². The van der Waals surface area contributed by atoms with Crippen LogP contribution in [-0.2, 0) is 11.0 Å². The summed E-state index contributed by atoms with van der Waals surface area (Å²) in [6.07, 6.45) is -0.898. The predicted octanol–water partition coefficient (Wildman–Crippen LogP) is 3.02. The number of likely N-dealkylation sites (tertiary alicyclic amines) is 1. The number of rotatable bonds is 2. The van der Waals surface area contributed by atoms with Crippen LogP contribution in [0.25, 0.3) is 11.0 Å². The highest BCUT2D eigenvalue weighted by Gasteiger charge is 2.36. The molecule has 0 atom stereocenters. The van der Waals surface area contributed by atoms with E-state index in [4.69, 9.17) is 0 Å². The van der Waals surface area contributed by atoms with Crippen LogP contribution in [0.1, 0.15) is 37.3 Å². The molecule has 1 aliphatic carbocycles. The molecule has 2 fully saturated rings. The third kappa shape index (κ3) is 2.74. The second kappa shape index (κ2) is 5.46. The average molecular weight is 338 g/mol. The molecule has 0 N–H and O–H groups in total. The Balaban J connectivity index is 1.51. The molecule has 1 aromatic carbocycles. The molecule has 1 aromatic heterocycles. The smallest absolute Gasteiger partial charge is 0.342 e. The molecule has 0 bridgehead atoms. The molecule has 24 heavy (non-hydrogen) atoms. The first-order valence-corrected chi connectivity index (χ1v) is 8.14. The first-order chi connectivity index (χ1) is 11.4. The van der Waals surface area contributed by atoms with Crippen molar-refractivity contribution >= 4 is 16.9 Å². The van der Waals surface area contributed by atoms with Gasteiger partial charge in [-0.3, -0.25) is 4.79 Å². The summed E-state index contributed by atoms with van der Waals surface area (Å²) in [6, 6.07) is 3.59. The molecule has 2 heterocycles. The molecule has 4 rings (SSSR count). The predicted molar refractivity (Wildman–Crippen MR) is 80.1 cm³/mol. The number of hydrogen-bond acceptors (Lipinski definition) is 3. The Hall–Kier alpha value is -2.12. The van der Waals surface area contributed by atoms with E-state index in [-0.39, 0.29) is 23.4 Å². The van der Waals surface area contributed by atoms with Gasteiger partial charge in [-0.25, -0.2) is 4.68 Å². The maximum absolute atomic E-state index is 12.8. The van der Waals surface area contributed by atoms with Crippen molar-refractivity contribution in [1.29, 1.82) is 0 Å². The minimum absolute atomic E-state index is 0.0648. The summed E-state index contributed by atoms with van der Waals surface area (Å²) in [4.78, 5) is 14.0. The van der Waals surface area contributed by atoms with Crippen LogP contribution in [0.15, 0.2) is 18.2 Å². The van der Waals surface area contributed by atoms with Gasteiger partial charge in [0.15, 0.2) is 0 Å². The number of aromatic nitrogens is 3. The van der Waals surface area contributed by atoms with Gasteiger partial charge < -0.3 is 4.90 Å². The van der Waals surface area contributed by atoms with E-state index in [9.17, 15) is 18.0 Å². The Morgan fingerprint density at radius 3 is 2.46 bits per heavy atom. The van der Waals surface area contributed by atoms with Crippen LogP contribution >= 0.6 is 0 Å². The maximum Gasteiger partial charge on any atom is 0.416 e. The van der Waals surface area contributed by atoms with Crippen LogP contribution in [0.3, 0.4) is 0 Å². The minimum atomic E-state index is -4.38. The summed E-state index contributed by atoms with van der Waals surface area (Å²) in [5.41, 5.74) is 0.142. The van der Waals surface area contributed by atoms with Gasteiger partial charge in [-0.15, -0.1) is 5.10 Å². The Kier molecular flexibility index (Phi) is 3.51. The zero-order chi connectivity index (χ0) is 16.9. The molecule has 5 nitrogen and oxygen atoms in total. The van der Waals surface area contributed by atoms with Crippen molar-refractivity contribution in [2.24, 2.45) is 5.92 Å². The zero-order valence-electron chi connectivity index (χ0n) is 13.0. The van der Waals surface area contributed by atoms with E-state index in [0.29, 0.717) is 18.6 Å². The number of carbonyl (C=O) groups is 1. The monoisotopic (exact) mass is 338 g/mol. The first-order valence-electron chi connectivity index (χ1n) is 8.14. The van der Waals surface area contributed by atoms with Crippen molar-refractivity contribution in [3.63, 3.8) is 0 Å². The number of benzene rings is 1. The summed E-state index contributed by atoms with van der Waals surface area (Å²) in [5, 5.41) is 7.95. The summed E-state index contributed by atoms with van der Waals surface area (Å²) in [5.74, 6) is 0.459. The molecule has 1 amide bonds. The van der Waals surface area contributed by atoms with Crippen molar-refractivity contribution in [3.8, 4) is 0 Å². The lowest BCUT2D eigenvalue weighted by atomic mass is 10.0. The number of nitrogens with zero attached hydrogens (tertiary/aromatic N) is 4. The van der Waals surface area contributed by atoms with Crippen LogP contribution < -0.4 is 0 Å². The van der Waals surface area contributed by atoms with E-state index in [2.05, 4.69) is 10.3 Å². The lowest BCUT2D eigenvalue weighted by Gasteiger charge is -2.32. The summed E-state index contributed by atoms with van der Waals surface area (Å²) in [6.45, 7) is 1.34. The summed E-state index contributed by atoms with van der Waals surface area (Å²) in [7, 11) is 0. The number of fused-ring (bicyclic) bond motifs is 1. The van der Waals surface area contributed by atoms with E-state index in [1.165, 1.54) is 6.07 Å². The lowest BCUT2D eigenvalue weighted by molar-refractivity contribution is -0.137. The Morgan fingerprint density at radius 2 is 1.83 bits per heavy atom. The fourth-order valence-electron chi connectivity index (χ4n) is 3.31. The third-order valence-corrected chi connectivity index (χ3v) is 4.85. The molecule has 128 valence electrons. The quantitative estimate of drug-likeness (QED) is 0.846. The molecule has 2 aliphatic rings. The lowest BCUT2D eigenvalue weighted by Crippen LogP contribution is -2.40. The van der Waals surface area contributed by atoms with Gasteiger partial charge in [-0.2, -0.15) is 13.2 Å². The highest BCUT2D eigenvalue weighted by atomic mass is 19.4. The van der Waals surface area contributed by atoms with E-state index in [0.717, 1.165) is 37.8 Å². The van der Waals surface area contributed by atoms with Gasteiger partial charge in [0, 0.05) is 19.0 Å². The van der Waals surface area contributed by atoms with Crippen molar-refractivity contribution in [2.75, 3.05) is 13.1 Å².